The molecule has 2 N–H and O–H groups in total. The predicted octanol–water partition coefficient (Wildman–Crippen LogP) is 4.03. The van der Waals surface area contributed by atoms with E-state index < -0.39 is 11.7 Å². The number of aromatic nitrogens is 4. The number of amides is 1. The lowest BCUT2D eigenvalue weighted by Gasteiger charge is -2.13. The van der Waals surface area contributed by atoms with Crippen LogP contribution in [0.4, 0.5) is 10.1 Å². The summed E-state index contributed by atoms with van der Waals surface area (Å²) in [7, 11) is 0. The van der Waals surface area contributed by atoms with Crippen molar-refractivity contribution in [3.63, 3.8) is 0 Å². The number of aromatic amines is 1. The quantitative estimate of drug-likeness (QED) is 0.310. The molecule has 0 saturated carbocycles. The van der Waals surface area contributed by atoms with Gasteiger partial charge in [0, 0.05) is 0 Å². The fourth-order valence-corrected chi connectivity index (χ4v) is 3.94. The summed E-state index contributed by atoms with van der Waals surface area (Å²) < 4.78 is 20.3. The highest BCUT2D eigenvalue weighted by atomic mass is 35.5. The van der Waals surface area contributed by atoms with Crippen molar-refractivity contribution in [2.45, 2.75) is 12.1 Å². The van der Waals surface area contributed by atoms with Gasteiger partial charge in [-0.15, -0.1) is 0 Å². The number of ether oxygens (including phenoxy) is 1. The number of nitrogens with zero attached hydrogens (tertiary/aromatic N) is 3. The highest BCUT2D eigenvalue weighted by Crippen LogP contribution is 2.25. The first-order valence-corrected chi connectivity index (χ1v) is 10.9. The molecule has 2 aromatic heterocycles. The molecular weight excluding hydrogens is 457 g/mol. The van der Waals surface area contributed by atoms with E-state index >= 15 is 0 Å². The molecule has 0 unspecified atom stereocenters. The van der Waals surface area contributed by atoms with Crippen LogP contribution >= 0.6 is 23.4 Å². The number of anilines is 1. The van der Waals surface area contributed by atoms with Gasteiger partial charge in [-0.2, -0.15) is 5.10 Å². The fourth-order valence-electron chi connectivity index (χ4n) is 2.97. The van der Waals surface area contributed by atoms with Crippen molar-refractivity contribution in [2.75, 3.05) is 17.7 Å². The number of carbonyl (C=O) groups excluding carboxylic acids is 1. The zero-order chi connectivity index (χ0) is 22.7. The number of halogens is 2. The van der Waals surface area contributed by atoms with Crippen LogP contribution in [0.1, 0.15) is 6.92 Å². The number of hydrogen-bond acceptors (Lipinski definition) is 6. The van der Waals surface area contributed by atoms with Crippen molar-refractivity contribution in [1.29, 1.82) is 0 Å². The third-order valence-electron chi connectivity index (χ3n) is 4.39. The number of nitrogens with one attached hydrogen (secondary N) is 2. The normalized spacial score (nSPS) is 11.0. The maximum absolute atomic E-state index is 13.4. The largest absolute Gasteiger partial charge is 0.494 e. The summed E-state index contributed by atoms with van der Waals surface area (Å²) in [5, 5.41) is 9.95. The van der Waals surface area contributed by atoms with E-state index in [0.29, 0.717) is 29.1 Å². The number of fused-ring (bicyclic) bond motifs is 1. The molecule has 1 amide bonds. The minimum Gasteiger partial charge on any atom is -0.494 e. The van der Waals surface area contributed by atoms with Crippen LogP contribution in [0.15, 0.2) is 58.6 Å². The summed E-state index contributed by atoms with van der Waals surface area (Å²) in [4.78, 5) is 30.0. The minimum atomic E-state index is -0.520. The van der Waals surface area contributed by atoms with Crippen LogP contribution in [-0.2, 0) is 4.79 Å². The molecule has 11 heteroatoms. The highest BCUT2D eigenvalue weighted by molar-refractivity contribution is 7.99. The first-order valence-electron chi connectivity index (χ1n) is 9.53. The Balaban J connectivity index is 1.63. The van der Waals surface area contributed by atoms with Gasteiger partial charge in [-0.1, -0.05) is 23.4 Å². The van der Waals surface area contributed by atoms with Gasteiger partial charge in [0.2, 0.25) is 5.91 Å². The molecule has 8 nitrogen and oxygen atoms in total. The summed E-state index contributed by atoms with van der Waals surface area (Å²) in [6.07, 6.45) is 1.41. The Morgan fingerprint density at radius 2 is 2.06 bits per heavy atom. The lowest BCUT2D eigenvalue weighted by atomic mass is 10.3. The molecule has 0 bridgehead atoms. The minimum absolute atomic E-state index is 0.0873. The molecule has 0 atom stereocenters. The number of rotatable bonds is 7. The molecule has 0 fully saturated rings. The molecular formula is C21H17ClFN5O3S. The van der Waals surface area contributed by atoms with Gasteiger partial charge < -0.3 is 10.1 Å². The Bertz CT molecular complexity index is 1340. The monoisotopic (exact) mass is 473 g/mol. The molecule has 0 aliphatic carbocycles. The van der Waals surface area contributed by atoms with Crippen molar-refractivity contribution in [3.05, 3.63) is 69.9 Å². The average molecular weight is 474 g/mol. The van der Waals surface area contributed by atoms with Gasteiger partial charge in [0.1, 0.15) is 17.0 Å². The van der Waals surface area contributed by atoms with Crippen LogP contribution in [0.5, 0.6) is 5.75 Å². The van der Waals surface area contributed by atoms with E-state index in [1.165, 1.54) is 22.9 Å². The Hall–Kier alpha value is -3.37. The zero-order valence-electron chi connectivity index (χ0n) is 16.8. The van der Waals surface area contributed by atoms with Gasteiger partial charge in [0.25, 0.3) is 5.56 Å². The van der Waals surface area contributed by atoms with Crippen molar-refractivity contribution < 1.29 is 13.9 Å². The number of hydrogen-bond donors (Lipinski definition) is 2. The van der Waals surface area contributed by atoms with Gasteiger partial charge in [0.05, 0.1) is 35.0 Å². The topological polar surface area (TPSA) is 102 Å². The van der Waals surface area contributed by atoms with E-state index in [2.05, 4.69) is 20.5 Å². The molecule has 32 heavy (non-hydrogen) atoms. The third kappa shape index (κ3) is 4.61. The fraction of sp³-hybridized carbons (Fsp3) is 0.143. The van der Waals surface area contributed by atoms with Crippen molar-refractivity contribution in [2.24, 2.45) is 0 Å². The molecule has 164 valence electrons. The lowest BCUT2D eigenvalue weighted by Crippen LogP contribution is -2.22. The second kappa shape index (κ2) is 9.41. The van der Waals surface area contributed by atoms with Gasteiger partial charge >= 0.3 is 0 Å². The maximum Gasteiger partial charge on any atom is 0.269 e. The number of carbonyl (C=O) groups is 1. The SMILES string of the molecule is CCOc1ccc(-n2c(SCC(=O)Nc3cc(F)ccc3Cl)nc3[nH]ncc3c2=O)cc1. The van der Waals surface area contributed by atoms with Crippen LogP contribution in [0.2, 0.25) is 5.02 Å². The van der Waals surface area contributed by atoms with Crippen LogP contribution in [0, 0.1) is 5.82 Å². The van der Waals surface area contributed by atoms with E-state index in [0.717, 1.165) is 17.8 Å². The van der Waals surface area contributed by atoms with E-state index in [9.17, 15) is 14.0 Å². The molecule has 4 rings (SSSR count). The van der Waals surface area contributed by atoms with Crippen LogP contribution in [0.25, 0.3) is 16.7 Å². The summed E-state index contributed by atoms with van der Waals surface area (Å²) >= 11 is 7.05. The first kappa shape index (κ1) is 21.8. The van der Waals surface area contributed by atoms with Crippen LogP contribution < -0.4 is 15.6 Å². The predicted molar refractivity (Wildman–Crippen MR) is 121 cm³/mol. The maximum atomic E-state index is 13.4. The summed E-state index contributed by atoms with van der Waals surface area (Å²) in [6, 6.07) is 10.7. The third-order valence-corrected chi connectivity index (χ3v) is 5.66. The highest BCUT2D eigenvalue weighted by Gasteiger charge is 2.17. The van der Waals surface area contributed by atoms with E-state index in [-0.39, 0.29) is 27.2 Å². The Morgan fingerprint density at radius 1 is 1.28 bits per heavy atom. The van der Waals surface area contributed by atoms with E-state index in [1.807, 2.05) is 6.92 Å². The Morgan fingerprint density at radius 3 is 2.81 bits per heavy atom. The summed E-state index contributed by atoms with van der Waals surface area (Å²) in [5.74, 6) is -0.370. The van der Waals surface area contributed by atoms with Crippen LogP contribution in [0.3, 0.4) is 0 Å². The standard InChI is InChI=1S/C21H17ClFN5O3S/c1-2-31-14-6-4-13(5-7-14)28-20(30)15-10-24-27-19(15)26-21(28)32-11-18(29)25-17-9-12(23)3-8-16(17)22/h3-10H,2,11H2,1H3,(H,24,27)(H,25,29). The first-order chi connectivity index (χ1) is 15.5. The summed E-state index contributed by atoms with van der Waals surface area (Å²) in [6.45, 7) is 2.40. The molecule has 2 heterocycles. The smallest absolute Gasteiger partial charge is 0.269 e. The molecule has 4 aromatic rings. The van der Waals surface area contributed by atoms with E-state index in [1.54, 1.807) is 24.3 Å². The molecule has 0 spiro atoms. The van der Waals surface area contributed by atoms with Crippen LogP contribution in [-0.4, -0.2) is 38.0 Å². The Labute approximate surface area is 190 Å². The Kier molecular flexibility index (Phi) is 6.42. The van der Waals surface area contributed by atoms with Gasteiger partial charge in [-0.05, 0) is 49.4 Å². The van der Waals surface area contributed by atoms with Gasteiger partial charge in [-0.25, -0.2) is 9.37 Å². The molecule has 0 aliphatic rings. The van der Waals surface area contributed by atoms with Gasteiger partial charge in [0.15, 0.2) is 10.8 Å². The molecule has 2 aromatic carbocycles. The average Bonchev–Trinajstić information content (AvgIpc) is 3.25. The summed E-state index contributed by atoms with van der Waals surface area (Å²) in [5.41, 5.74) is 0.709. The van der Waals surface area contributed by atoms with Crippen molar-refractivity contribution in [3.8, 4) is 11.4 Å². The second-order valence-corrected chi connectivity index (χ2v) is 7.90. The lowest BCUT2D eigenvalue weighted by molar-refractivity contribution is -0.113. The molecule has 0 aliphatic heterocycles. The molecule has 0 radical (unpaired) electrons. The number of thioether (sulfide) groups is 1. The van der Waals surface area contributed by atoms with Crippen molar-refractivity contribution >= 4 is 46.0 Å². The van der Waals surface area contributed by atoms with E-state index in [4.69, 9.17) is 16.3 Å². The number of H-pyrrole nitrogens is 1. The second-order valence-electron chi connectivity index (χ2n) is 6.56. The van der Waals surface area contributed by atoms with Crippen molar-refractivity contribution in [1.82, 2.24) is 19.7 Å². The van der Waals surface area contributed by atoms with Gasteiger partial charge in [-0.3, -0.25) is 19.3 Å². The molecule has 0 saturated heterocycles. The zero-order valence-corrected chi connectivity index (χ0v) is 18.3. The number of benzene rings is 2.